The maximum atomic E-state index is 13.0. The standard InChI is InChI=1S/C18H10F5N3O2S/c1-7-6-10(18(21,22)23)24-16-11(7)12-13(29-16)15(27)26-14(25-12)8-2-4-9(5-3-8)28-17(19)20/h2-6,13,17H,1H3. The second-order valence-electron chi connectivity index (χ2n) is 6.17. The summed E-state index contributed by atoms with van der Waals surface area (Å²) >= 11 is 0.877. The number of carbonyl (C=O) groups is 1. The number of thioether (sulfide) groups is 1. The van der Waals surface area contributed by atoms with Crippen molar-refractivity contribution < 1.29 is 31.5 Å². The van der Waals surface area contributed by atoms with Gasteiger partial charge in [-0.3, -0.25) is 4.79 Å². The van der Waals surface area contributed by atoms with Gasteiger partial charge in [-0.1, -0.05) is 11.8 Å². The van der Waals surface area contributed by atoms with Gasteiger partial charge in [-0.25, -0.2) is 9.98 Å². The normalized spacial score (nSPS) is 18.3. The number of ether oxygens (including phenoxy) is 1. The third kappa shape index (κ3) is 3.61. The van der Waals surface area contributed by atoms with Crippen molar-refractivity contribution in [2.24, 2.45) is 9.98 Å². The van der Waals surface area contributed by atoms with Crippen molar-refractivity contribution in [3.8, 4) is 5.75 Å². The number of carbonyl (C=O) groups excluding carboxylic acids is 1. The van der Waals surface area contributed by atoms with Crippen LogP contribution in [0.4, 0.5) is 22.0 Å². The molecule has 1 unspecified atom stereocenters. The third-order valence-electron chi connectivity index (χ3n) is 4.21. The number of aryl methyl sites for hydroxylation is 1. The minimum Gasteiger partial charge on any atom is -0.435 e. The van der Waals surface area contributed by atoms with E-state index in [4.69, 9.17) is 0 Å². The summed E-state index contributed by atoms with van der Waals surface area (Å²) < 4.78 is 67.9. The zero-order valence-electron chi connectivity index (χ0n) is 14.5. The Morgan fingerprint density at radius 2 is 1.83 bits per heavy atom. The topological polar surface area (TPSA) is 63.9 Å². The predicted molar refractivity (Wildman–Crippen MR) is 94.8 cm³/mol. The number of alkyl halides is 5. The molecule has 0 N–H and O–H groups in total. The van der Waals surface area contributed by atoms with E-state index in [1.165, 1.54) is 31.2 Å². The molecule has 2 aliphatic heterocycles. The summed E-state index contributed by atoms with van der Waals surface area (Å²) in [7, 11) is 0. The number of nitrogens with zero attached hydrogens (tertiary/aromatic N) is 3. The highest BCUT2D eigenvalue weighted by Crippen LogP contribution is 2.42. The van der Waals surface area contributed by atoms with Gasteiger partial charge in [0.25, 0.3) is 5.91 Å². The molecular weight excluding hydrogens is 417 g/mol. The average Bonchev–Trinajstić information content (AvgIpc) is 3.01. The van der Waals surface area contributed by atoms with Gasteiger partial charge < -0.3 is 4.74 Å². The van der Waals surface area contributed by atoms with Crippen molar-refractivity contribution in [2.45, 2.75) is 30.0 Å². The molecule has 29 heavy (non-hydrogen) atoms. The summed E-state index contributed by atoms with van der Waals surface area (Å²) in [5.74, 6) is -0.607. The number of benzene rings is 1. The molecule has 0 aliphatic carbocycles. The summed E-state index contributed by atoms with van der Waals surface area (Å²) in [6.07, 6.45) is -4.61. The second-order valence-corrected chi connectivity index (χ2v) is 7.27. The minimum absolute atomic E-state index is 0.0394. The molecular formula is C18H10F5N3O2S. The Hall–Kier alpha value is -2.82. The van der Waals surface area contributed by atoms with Gasteiger partial charge in [-0.2, -0.15) is 26.9 Å². The van der Waals surface area contributed by atoms with Gasteiger partial charge in [0.2, 0.25) is 0 Å². The molecule has 5 nitrogen and oxygen atoms in total. The van der Waals surface area contributed by atoms with Crippen LogP contribution in [-0.4, -0.2) is 34.3 Å². The Morgan fingerprint density at radius 1 is 1.14 bits per heavy atom. The summed E-state index contributed by atoms with van der Waals surface area (Å²) in [6, 6.07) is 6.29. The lowest BCUT2D eigenvalue weighted by atomic mass is 10.0. The molecule has 150 valence electrons. The number of amidine groups is 1. The summed E-state index contributed by atoms with van der Waals surface area (Å²) in [5, 5.41) is -0.795. The van der Waals surface area contributed by atoms with Crippen molar-refractivity contribution >= 4 is 29.2 Å². The lowest BCUT2D eigenvalue weighted by molar-refractivity contribution is -0.141. The van der Waals surface area contributed by atoms with E-state index in [1.54, 1.807) is 0 Å². The van der Waals surface area contributed by atoms with Gasteiger partial charge in [-0.05, 0) is 42.8 Å². The molecule has 0 saturated heterocycles. The monoisotopic (exact) mass is 427 g/mol. The van der Waals surface area contributed by atoms with E-state index in [2.05, 4.69) is 19.7 Å². The molecule has 1 atom stereocenters. The van der Waals surface area contributed by atoms with Crippen LogP contribution in [0.15, 0.2) is 45.3 Å². The number of aliphatic imine (C=N–C) groups is 2. The number of amides is 1. The SMILES string of the molecule is Cc1cc(C(F)(F)F)nc2c1C1=NC(c3ccc(OC(F)F)cc3)=NC(=O)C1S2. The van der Waals surface area contributed by atoms with E-state index in [1.807, 2.05) is 0 Å². The predicted octanol–water partition coefficient (Wildman–Crippen LogP) is 4.26. The largest absolute Gasteiger partial charge is 0.435 e. The Balaban J connectivity index is 1.72. The van der Waals surface area contributed by atoms with Crippen LogP contribution in [0.25, 0.3) is 0 Å². The molecule has 1 aromatic carbocycles. The highest BCUT2D eigenvalue weighted by Gasteiger charge is 2.42. The zero-order chi connectivity index (χ0) is 20.9. The van der Waals surface area contributed by atoms with E-state index in [9.17, 15) is 26.7 Å². The first-order chi connectivity index (χ1) is 13.6. The molecule has 0 radical (unpaired) electrons. The van der Waals surface area contributed by atoms with E-state index in [-0.39, 0.29) is 22.3 Å². The average molecular weight is 427 g/mol. The lowest BCUT2D eigenvalue weighted by Gasteiger charge is -2.15. The smallest absolute Gasteiger partial charge is 0.433 e. The van der Waals surface area contributed by atoms with Gasteiger partial charge in [0.15, 0.2) is 5.84 Å². The van der Waals surface area contributed by atoms with Crippen LogP contribution < -0.4 is 4.74 Å². The molecule has 0 spiro atoms. The first kappa shape index (κ1) is 19.5. The number of rotatable bonds is 3. The summed E-state index contributed by atoms with van der Waals surface area (Å²) in [4.78, 5) is 24.4. The Kier molecular flexibility index (Phi) is 4.64. The van der Waals surface area contributed by atoms with Crippen molar-refractivity contribution in [3.05, 3.63) is 52.7 Å². The first-order valence-corrected chi connectivity index (χ1v) is 9.03. The van der Waals surface area contributed by atoms with Crippen molar-refractivity contribution in [2.75, 3.05) is 0 Å². The van der Waals surface area contributed by atoms with Gasteiger partial charge in [0, 0.05) is 11.1 Å². The van der Waals surface area contributed by atoms with E-state index in [0.717, 1.165) is 17.8 Å². The Bertz CT molecular complexity index is 1060. The number of aromatic nitrogens is 1. The third-order valence-corrected chi connectivity index (χ3v) is 5.39. The first-order valence-electron chi connectivity index (χ1n) is 8.15. The molecule has 11 heteroatoms. The molecule has 2 aromatic rings. The molecule has 1 aromatic heterocycles. The van der Waals surface area contributed by atoms with Crippen molar-refractivity contribution in [1.29, 1.82) is 0 Å². The van der Waals surface area contributed by atoms with E-state index < -0.39 is 29.6 Å². The number of hydrogen-bond donors (Lipinski definition) is 0. The number of pyridine rings is 1. The fourth-order valence-electron chi connectivity index (χ4n) is 2.98. The molecule has 0 saturated carbocycles. The molecule has 3 heterocycles. The summed E-state index contributed by atoms with van der Waals surface area (Å²) in [6.45, 7) is -1.48. The Labute approximate surface area is 164 Å². The molecule has 1 amide bonds. The highest BCUT2D eigenvalue weighted by molar-refractivity contribution is 8.02. The van der Waals surface area contributed by atoms with Crippen LogP contribution in [0.3, 0.4) is 0 Å². The van der Waals surface area contributed by atoms with Gasteiger partial charge in [0.1, 0.15) is 21.7 Å². The van der Waals surface area contributed by atoms with Crippen LogP contribution in [0, 0.1) is 6.92 Å². The second kappa shape index (κ2) is 6.90. The van der Waals surface area contributed by atoms with Gasteiger partial charge >= 0.3 is 12.8 Å². The van der Waals surface area contributed by atoms with E-state index in [0.29, 0.717) is 16.7 Å². The maximum Gasteiger partial charge on any atom is 0.433 e. The minimum atomic E-state index is -4.61. The molecule has 4 rings (SSSR count). The molecule has 0 fully saturated rings. The van der Waals surface area contributed by atoms with Crippen LogP contribution in [-0.2, 0) is 11.0 Å². The van der Waals surface area contributed by atoms with Crippen LogP contribution in [0.5, 0.6) is 5.75 Å². The number of fused-ring (bicyclic) bond motifs is 3. The molecule has 2 aliphatic rings. The molecule has 0 bridgehead atoms. The highest BCUT2D eigenvalue weighted by atomic mass is 32.2. The summed E-state index contributed by atoms with van der Waals surface area (Å²) in [5.41, 5.74) is 0.300. The van der Waals surface area contributed by atoms with Gasteiger partial charge in [0.05, 0.1) is 5.71 Å². The number of halogens is 5. The fraction of sp³-hybridized carbons (Fsp3) is 0.222. The lowest BCUT2D eigenvalue weighted by Crippen LogP contribution is -2.29. The van der Waals surface area contributed by atoms with Crippen molar-refractivity contribution in [3.63, 3.8) is 0 Å². The van der Waals surface area contributed by atoms with Crippen LogP contribution in [0.2, 0.25) is 0 Å². The quantitative estimate of drug-likeness (QED) is 0.687. The number of hydrogen-bond acceptors (Lipinski definition) is 5. The Morgan fingerprint density at radius 3 is 2.45 bits per heavy atom. The van der Waals surface area contributed by atoms with Crippen LogP contribution in [0.1, 0.15) is 22.4 Å². The van der Waals surface area contributed by atoms with E-state index >= 15 is 0 Å². The maximum absolute atomic E-state index is 13.0. The fourth-order valence-corrected chi connectivity index (χ4v) is 4.18. The van der Waals surface area contributed by atoms with Crippen molar-refractivity contribution in [1.82, 2.24) is 4.98 Å². The zero-order valence-corrected chi connectivity index (χ0v) is 15.3. The van der Waals surface area contributed by atoms with Gasteiger partial charge in [-0.15, -0.1) is 0 Å². The van der Waals surface area contributed by atoms with Crippen LogP contribution >= 0.6 is 11.8 Å².